The van der Waals surface area contributed by atoms with Crippen molar-refractivity contribution < 1.29 is 38.9 Å². The number of nitrogens with one attached hydrogen (secondary N) is 2. The fourth-order valence-electron chi connectivity index (χ4n) is 5.18. The lowest BCUT2D eigenvalue weighted by Gasteiger charge is -2.30. The molecule has 2 aromatic heterocycles. The Labute approximate surface area is 260 Å². The molecule has 1 saturated heterocycles. The van der Waals surface area contributed by atoms with Crippen LogP contribution in [0.15, 0.2) is 35.8 Å². The Bertz CT molecular complexity index is 1610. The molecule has 0 saturated carbocycles. The average molecular weight is 679 g/mol. The van der Waals surface area contributed by atoms with Crippen LogP contribution in [0, 0.1) is 0 Å². The van der Waals surface area contributed by atoms with Crippen molar-refractivity contribution in [2.45, 2.75) is 70.1 Å². The van der Waals surface area contributed by atoms with Crippen molar-refractivity contribution in [2.24, 2.45) is 0 Å². The third-order valence-corrected chi connectivity index (χ3v) is 9.87. The minimum Gasteiger partial charge on any atom is -0.382 e. The topological polar surface area (TPSA) is 101 Å². The molecule has 2 aliphatic heterocycles. The van der Waals surface area contributed by atoms with Gasteiger partial charge in [0.25, 0.3) is 0 Å². The van der Waals surface area contributed by atoms with Gasteiger partial charge in [-0.2, -0.15) is 39.9 Å². The molecule has 0 spiro atoms. The Morgan fingerprint density at radius 1 is 1.07 bits per heavy atom. The van der Waals surface area contributed by atoms with Crippen LogP contribution < -0.4 is 14.8 Å². The number of fused-ring (bicyclic) bond motifs is 1. The molecule has 1 aromatic carbocycles. The smallest absolute Gasteiger partial charge is 0.382 e. The Hall–Kier alpha value is -3.15. The second-order valence-electron chi connectivity index (χ2n) is 10.9. The molecule has 45 heavy (non-hydrogen) atoms. The molecule has 1 fully saturated rings. The quantitative estimate of drug-likeness (QED) is 0.207. The number of thiazole rings is 1. The second kappa shape index (κ2) is 13.3. The molecule has 1 atom stereocenters. The lowest BCUT2D eigenvalue weighted by atomic mass is 9.98. The van der Waals surface area contributed by atoms with E-state index in [-0.39, 0.29) is 28.6 Å². The van der Waals surface area contributed by atoms with E-state index in [0.29, 0.717) is 51.2 Å². The van der Waals surface area contributed by atoms with Crippen molar-refractivity contribution in [1.82, 2.24) is 30.3 Å². The van der Waals surface area contributed by atoms with Crippen molar-refractivity contribution in [2.75, 3.05) is 18.8 Å². The fourth-order valence-corrected chi connectivity index (χ4v) is 7.36. The van der Waals surface area contributed by atoms with E-state index in [0.717, 1.165) is 34.4 Å². The average Bonchev–Trinajstić information content (AvgIpc) is 3.59. The van der Waals surface area contributed by atoms with Crippen LogP contribution in [0.5, 0.6) is 5.75 Å². The highest BCUT2D eigenvalue weighted by atomic mass is 32.2. The number of unbranched alkanes of at least 4 members (excludes halogenated alkanes) is 1. The van der Waals surface area contributed by atoms with Crippen molar-refractivity contribution in [3.05, 3.63) is 69.1 Å². The van der Waals surface area contributed by atoms with Gasteiger partial charge in [0.05, 0.1) is 16.5 Å². The first kappa shape index (κ1) is 33.2. The van der Waals surface area contributed by atoms with Gasteiger partial charge in [0.1, 0.15) is 17.6 Å². The number of nitrogens with zero attached hydrogens (tertiary/aromatic N) is 4. The van der Waals surface area contributed by atoms with Crippen molar-refractivity contribution in [1.29, 1.82) is 0 Å². The number of halogens is 6. The zero-order chi connectivity index (χ0) is 32.4. The summed E-state index contributed by atoms with van der Waals surface area (Å²) in [5.74, 6) is 0.364. The maximum absolute atomic E-state index is 13.3. The fraction of sp³-hybridized carbons (Fsp3) is 0.500. The molecule has 5 rings (SSSR count). The molecule has 246 valence electrons. The van der Waals surface area contributed by atoms with Gasteiger partial charge in [0.15, 0.2) is 5.69 Å². The van der Waals surface area contributed by atoms with Gasteiger partial charge in [-0.1, -0.05) is 25.5 Å². The normalized spacial score (nSPS) is 18.7. The van der Waals surface area contributed by atoms with E-state index in [1.54, 1.807) is 17.0 Å². The predicted octanol–water partition coefficient (Wildman–Crippen LogP) is 6.09. The van der Waals surface area contributed by atoms with Crippen molar-refractivity contribution in [3.8, 4) is 5.75 Å². The molecular formula is C28H32F6N6O3S2. The SMILES string of the molecule is CCCCS(=O)(=O)Oc1cccc2c1CNC(c1csc(C3CCN(C=Cn4nc(C(F)(F)F)cc4C(F)(F)F)CC3)n1)NC2. The van der Waals surface area contributed by atoms with Gasteiger partial charge in [-0.25, -0.2) is 9.67 Å². The summed E-state index contributed by atoms with van der Waals surface area (Å²) in [6, 6.07) is 5.33. The highest BCUT2D eigenvalue weighted by Gasteiger charge is 2.41. The first-order valence-corrected chi connectivity index (χ1v) is 16.8. The summed E-state index contributed by atoms with van der Waals surface area (Å²) >= 11 is 1.50. The highest BCUT2D eigenvalue weighted by molar-refractivity contribution is 7.87. The predicted molar refractivity (Wildman–Crippen MR) is 155 cm³/mol. The zero-order valence-electron chi connectivity index (χ0n) is 24.2. The summed E-state index contributed by atoms with van der Waals surface area (Å²) in [5.41, 5.74) is -0.655. The summed E-state index contributed by atoms with van der Waals surface area (Å²) in [6.07, 6.45) is -5.50. The minimum absolute atomic E-state index is 0.000920. The van der Waals surface area contributed by atoms with Crippen LogP contribution in [0.1, 0.15) is 77.9 Å². The molecule has 1 unspecified atom stereocenters. The van der Waals surface area contributed by atoms with Gasteiger partial charge in [0.2, 0.25) is 0 Å². The molecule has 2 N–H and O–H groups in total. The van der Waals surface area contributed by atoms with E-state index in [2.05, 4.69) is 15.7 Å². The van der Waals surface area contributed by atoms with Crippen molar-refractivity contribution in [3.63, 3.8) is 0 Å². The van der Waals surface area contributed by atoms with Gasteiger partial charge in [-0.15, -0.1) is 11.3 Å². The highest BCUT2D eigenvalue weighted by Crippen LogP contribution is 2.36. The standard InChI is InChI=1S/C28H32F6N6O3S2/c1-2-3-13-45(41,42)43-22-6-4-5-19-15-35-25(36-16-20(19)22)21-17-44-26(37-21)18-7-9-39(10-8-18)11-12-40-24(28(32,33)34)14-23(38-40)27(29,30)31/h4-6,11-12,14,17-18,25,35-36H,2-3,7-10,13,15-16H2,1H3. The van der Waals surface area contributed by atoms with E-state index >= 15 is 0 Å². The van der Waals surface area contributed by atoms with Gasteiger partial charge < -0.3 is 9.08 Å². The Kier molecular flexibility index (Phi) is 9.82. The van der Waals surface area contributed by atoms with E-state index in [9.17, 15) is 34.8 Å². The van der Waals surface area contributed by atoms with E-state index in [4.69, 9.17) is 9.17 Å². The Balaban J connectivity index is 1.19. The van der Waals surface area contributed by atoms with Crippen LogP contribution in [0.3, 0.4) is 0 Å². The number of aromatic nitrogens is 3. The molecule has 2 aliphatic rings. The van der Waals surface area contributed by atoms with Gasteiger partial charge in [-0.3, -0.25) is 10.6 Å². The van der Waals surface area contributed by atoms with E-state index < -0.39 is 33.9 Å². The Morgan fingerprint density at radius 3 is 2.49 bits per heavy atom. The maximum atomic E-state index is 13.3. The molecule has 17 heteroatoms. The monoisotopic (exact) mass is 678 g/mol. The van der Waals surface area contributed by atoms with E-state index in [1.165, 1.54) is 17.5 Å². The molecule has 0 radical (unpaired) electrons. The van der Waals surface area contributed by atoms with Crippen LogP contribution in [-0.4, -0.2) is 46.9 Å². The maximum Gasteiger partial charge on any atom is 0.435 e. The summed E-state index contributed by atoms with van der Waals surface area (Å²) in [6.45, 7) is 3.69. The van der Waals surface area contributed by atoms with Crippen LogP contribution in [0.2, 0.25) is 0 Å². The number of alkyl halides is 6. The number of hydrogen-bond acceptors (Lipinski definition) is 9. The zero-order valence-corrected chi connectivity index (χ0v) is 25.8. The molecular weight excluding hydrogens is 646 g/mol. The van der Waals surface area contributed by atoms with Crippen LogP contribution in [0.25, 0.3) is 6.20 Å². The summed E-state index contributed by atoms with van der Waals surface area (Å²) in [7, 11) is -3.71. The second-order valence-corrected chi connectivity index (χ2v) is 13.4. The largest absolute Gasteiger partial charge is 0.435 e. The number of hydrogen-bond donors (Lipinski definition) is 2. The number of rotatable bonds is 9. The molecule has 0 amide bonds. The summed E-state index contributed by atoms with van der Waals surface area (Å²) in [4.78, 5) is 6.59. The minimum atomic E-state index is -5.00. The van der Waals surface area contributed by atoms with Crippen LogP contribution >= 0.6 is 11.3 Å². The molecule has 0 aliphatic carbocycles. The Morgan fingerprint density at radius 2 is 1.80 bits per heavy atom. The summed E-state index contributed by atoms with van der Waals surface area (Å²) in [5, 5.41) is 12.8. The third kappa shape index (κ3) is 8.17. The van der Waals surface area contributed by atoms with Gasteiger partial charge in [0, 0.05) is 61.5 Å². The van der Waals surface area contributed by atoms with E-state index in [1.807, 2.05) is 18.4 Å². The number of likely N-dealkylation sites (tertiary alicyclic amines) is 1. The summed E-state index contributed by atoms with van der Waals surface area (Å²) < 4.78 is 109. The third-order valence-electron chi connectivity index (χ3n) is 7.62. The molecule has 9 nitrogen and oxygen atoms in total. The first-order chi connectivity index (χ1) is 21.2. The number of piperidine rings is 1. The lowest BCUT2D eigenvalue weighted by Crippen LogP contribution is -2.31. The van der Waals surface area contributed by atoms with Crippen LogP contribution in [0.4, 0.5) is 26.3 Å². The van der Waals surface area contributed by atoms with Gasteiger partial charge >= 0.3 is 22.5 Å². The first-order valence-electron chi connectivity index (χ1n) is 14.3. The molecule has 4 heterocycles. The van der Waals surface area contributed by atoms with Gasteiger partial charge in [-0.05, 0) is 30.9 Å². The van der Waals surface area contributed by atoms with Crippen molar-refractivity contribution >= 4 is 27.7 Å². The molecule has 0 bridgehead atoms. The lowest BCUT2D eigenvalue weighted by molar-refractivity contribution is -0.143. The molecule has 3 aromatic rings. The van der Waals surface area contributed by atoms with Crippen LogP contribution in [-0.2, 0) is 35.6 Å². The number of benzene rings is 1.